The highest BCUT2D eigenvalue weighted by molar-refractivity contribution is 6.02. The predicted molar refractivity (Wildman–Crippen MR) is 91.1 cm³/mol. The molecule has 25 heavy (non-hydrogen) atoms. The van der Waals surface area contributed by atoms with Gasteiger partial charge >= 0.3 is 0 Å². The second-order valence-electron chi connectivity index (χ2n) is 5.96. The zero-order chi connectivity index (χ0) is 17.1. The minimum absolute atomic E-state index is 0.271. The number of nitrogens with one attached hydrogen (secondary N) is 2. The van der Waals surface area contributed by atoms with Crippen molar-refractivity contribution in [1.82, 2.24) is 25.3 Å². The van der Waals surface area contributed by atoms with Gasteiger partial charge in [-0.2, -0.15) is 0 Å². The lowest BCUT2D eigenvalue weighted by molar-refractivity contribution is 0.102. The summed E-state index contributed by atoms with van der Waals surface area (Å²) >= 11 is 0. The Balaban J connectivity index is 1.42. The fraction of sp³-hybridized carbons (Fsp3) is 0.294. The fourth-order valence-corrected chi connectivity index (χ4v) is 2.90. The maximum absolute atomic E-state index is 12.4. The van der Waals surface area contributed by atoms with E-state index in [9.17, 15) is 4.79 Å². The third-order valence-corrected chi connectivity index (χ3v) is 4.29. The molecule has 4 rings (SSSR count). The lowest BCUT2D eigenvalue weighted by Crippen LogP contribution is -2.29. The van der Waals surface area contributed by atoms with Gasteiger partial charge in [0.2, 0.25) is 0 Å². The molecule has 2 N–H and O–H groups in total. The van der Waals surface area contributed by atoms with Crippen LogP contribution in [0.15, 0.2) is 47.5 Å². The Hall–Kier alpha value is -3.00. The minimum atomic E-state index is -0.271. The number of hydrogen-bond donors (Lipinski definition) is 2. The Labute approximate surface area is 144 Å². The number of hydrogen-bond acceptors (Lipinski definition) is 6. The summed E-state index contributed by atoms with van der Waals surface area (Å²) in [6, 6.07) is 7.65. The van der Waals surface area contributed by atoms with Gasteiger partial charge in [0.15, 0.2) is 17.8 Å². The summed E-state index contributed by atoms with van der Waals surface area (Å²) in [4.78, 5) is 16.2. The SMILES string of the molecule is O=C(Nc1ccc(-c2cnco2)cc1)c1cn(C2CCNCC2)nn1. The number of rotatable bonds is 4. The van der Waals surface area contributed by atoms with Gasteiger partial charge in [0, 0.05) is 11.3 Å². The van der Waals surface area contributed by atoms with Gasteiger partial charge in [-0.1, -0.05) is 5.21 Å². The van der Waals surface area contributed by atoms with E-state index < -0.39 is 0 Å². The lowest BCUT2D eigenvalue weighted by atomic mass is 10.1. The Morgan fingerprint density at radius 3 is 2.76 bits per heavy atom. The van der Waals surface area contributed by atoms with Crippen LogP contribution in [-0.2, 0) is 0 Å². The van der Waals surface area contributed by atoms with Crippen molar-refractivity contribution in [2.75, 3.05) is 18.4 Å². The van der Waals surface area contributed by atoms with Crippen molar-refractivity contribution in [3.8, 4) is 11.3 Å². The average Bonchev–Trinajstić information content (AvgIpc) is 3.35. The van der Waals surface area contributed by atoms with Crippen molar-refractivity contribution in [1.29, 1.82) is 0 Å². The van der Waals surface area contributed by atoms with Crippen LogP contribution < -0.4 is 10.6 Å². The molecule has 3 aromatic rings. The molecule has 0 radical (unpaired) electrons. The highest BCUT2D eigenvalue weighted by atomic mass is 16.3. The molecule has 8 nitrogen and oxygen atoms in total. The summed E-state index contributed by atoms with van der Waals surface area (Å²) in [5.74, 6) is 0.412. The van der Waals surface area contributed by atoms with Crippen molar-refractivity contribution in [2.24, 2.45) is 0 Å². The number of oxazole rings is 1. The van der Waals surface area contributed by atoms with Crippen molar-refractivity contribution >= 4 is 11.6 Å². The van der Waals surface area contributed by atoms with Crippen molar-refractivity contribution < 1.29 is 9.21 Å². The number of carbonyl (C=O) groups is 1. The topological polar surface area (TPSA) is 97.9 Å². The number of aromatic nitrogens is 4. The monoisotopic (exact) mass is 338 g/mol. The third-order valence-electron chi connectivity index (χ3n) is 4.29. The van der Waals surface area contributed by atoms with Gasteiger partial charge in [0.1, 0.15) is 0 Å². The number of nitrogens with zero attached hydrogens (tertiary/aromatic N) is 4. The minimum Gasteiger partial charge on any atom is -0.444 e. The number of benzene rings is 1. The molecule has 2 aromatic heterocycles. The normalized spacial score (nSPS) is 15.2. The van der Waals surface area contributed by atoms with Gasteiger partial charge in [0.05, 0.1) is 18.4 Å². The largest absolute Gasteiger partial charge is 0.444 e. The number of piperidine rings is 1. The second-order valence-corrected chi connectivity index (χ2v) is 5.96. The predicted octanol–water partition coefficient (Wildman–Crippen LogP) is 2.11. The van der Waals surface area contributed by atoms with E-state index in [-0.39, 0.29) is 5.91 Å². The summed E-state index contributed by atoms with van der Waals surface area (Å²) in [6.07, 6.45) is 6.73. The van der Waals surface area contributed by atoms with Crippen LogP contribution in [-0.4, -0.2) is 39.0 Å². The Bertz CT molecular complexity index is 834. The molecule has 128 valence electrons. The van der Waals surface area contributed by atoms with E-state index in [2.05, 4.69) is 25.9 Å². The molecule has 1 aromatic carbocycles. The van der Waals surface area contributed by atoms with Gasteiger partial charge in [-0.25, -0.2) is 9.67 Å². The van der Waals surface area contributed by atoms with E-state index in [4.69, 9.17) is 4.42 Å². The van der Waals surface area contributed by atoms with E-state index in [0.717, 1.165) is 31.5 Å². The van der Waals surface area contributed by atoms with Crippen LogP contribution >= 0.6 is 0 Å². The summed E-state index contributed by atoms with van der Waals surface area (Å²) in [7, 11) is 0. The molecule has 0 unspecified atom stereocenters. The second kappa shape index (κ2) is 6.86. The average molecular weight is 338 g/mol. The summed E-state index contributed by atoms with van der Waals surface area (Å²) < 4.78 is 7.04. The number of amides is 1. The molecule has 8 heteroatoms. The van der Waals surface area contributed by atoms with Gasteiger partial charge in [-0.05, 0) is 50.2 Å². The summed E-state index contributed by atoms with van der Waals surface area (Å²) in [5.41, 5.74) is 1.90. The first-order chi connectivity index (χ1) is 12.3. The highest BCUT2D eigenvalue weighted by Crippen LogP contribution is 2.21. The van der Waals surface area contributed by atoms with Gasteiger partial charge in [-0.3, -0.25) is 4.79 Å². The molecule has 0 spiro atoms. The molecule has 1 saturated heterocycles. The maximum Gasteiger partial charge on any atom is 0.277 e. The first kappa shape index (κ1) is 15.5. The van der Waals surface area contributed by atoms with E-state index in [0.29, 0.717) is 23.2 Å². The van der Waals surface area contributed by atoms with Crippen LogP contribution in [0.4, 0.5) is 5.69 Å². The van der Waals surface area contributed by atoms with Crippen molar-refractivity contribution in [3.63, 3.8) is 0 Å². The van der Waals surface area contributed by atoms with Crippen LogP contribution in [0, 0.1) is 0 Å². The van der Waals surface area contributed by atoms with Crippen LogP contribution in [0.2, 0.25) is 0 Å². The fourth-order valence-electron chi connectivity index (χ4n) is 2.90. The van der Waals surface area contributed by atoms with Crippen LogP contribution in [0.25, 0.3) is 11.3 Å². The first-order valence-electron chi connectivity index (χ1n) is 8.22. The Morgan fingerprint density at radius 1 is 1.24 bits per heavy atom. The third kappa shape index (κ3) is 3.43. The molecule has 1 aliphatic rings. The zero-order valence-electron chi connectivity index (χ0n) is 13.6. The molecule has 0 atom stereocenters. The first-order valence-corrected chi connectivity index (χ1v) is 8.22. The standard InChI is InChI=1S/C17H18N6O2/c24-17(15-10-23(22-21-15)14-5-7-18-8-6-14)20-13-3-1-12(2-4-13)16-9-19-11-25-16/h1-4,9-11,14,18H,5-8H2,(H,20,24). The smallest absolute Gasteiger partial charge is 0.277 e. The van der Waals surface area contributed by atoms with Gasteiger partial charge < -0.3 is 15.1 Å². The molecule has 0 saturated carbocycles. The molecular formula is C17H18N6O2. The van der Waals surface area contributed by atoms with E-state index >= 15 is 0 Å². The van der Waals surface area contributed by atoms with E-state index in [1.807, 2.05) is 24.3 Å². The van der Waals surface area contributed by atoms with Crippen LogP contribution in [0.1, 0.15) is 29.4 Å². The van der Waals surface area contributed by atoms with Gasteiger partial charge in [-0.15, -0.1) is 5.10 Å². The Morgan fingerprint density at radius 2 is 2.04 bits per heavy atom. The van der Waals surface area contributed by atoms with Crippen molar-refractivity contribution in [2.45, 2.75) is 18.9 Å². The van der Waals surface area contributed by atoms with Crippen LogP contribution in [0.3, 0.4) is 0 Å². The van der Waals surface area contributed by atoms with E-state index in [1.54, 1.807) is 17.1 Å². The molecule has 1 fully saturated rings. The lowest BCUT2D eigenvalue weighted by Gasteiger charge is -2.22. The van der Waals surface area contributed by atoms with Gasteiger partial charge in [0.25, 0.3) is 5.91 Å². The zero-order valence-corrected chi connectivity index (χ0v) is 13.6. The maximum atomic E-state index is 12.4. The Kier molecular flexibility index (Phi) is 4.26. The van der Waals surface area contributed by atoms with Crippen LogP contribution in [0.5, 0.6) is 0 Å². The quantitative estimate of drug-likeness (QED) is 0.756. The molecule has 0 aliphatic carbocycles. The number of carbonyl (C=O) groups excluding carboxylic acids is 1. The highest BCUT2D eigenvalue weighted by Gasteiger charge is 2.18. The molecule has 1 aliphatic heterocycles. The summed E-state index contributed by atoms with van der Waals surface area (Å²) in [6.45, 7) is 1.92. The molecule has 1 amide bonds. The van der Waals surface area contributed by atoms with Crippen molar-refractivity contribution in [3.05, 3.63) is 48.7 Å². The van der Waals surface area contributed by atoms with E-state index in [1.165, 1.54) is 6.39 Å². The molecule has 3 heterocycles. The number of anilines is 1. The summed E-state index contributed by atoms with van der Waals surface area (Å²) in [5, 5.41) is 14.3. The molecule has 0 bridgehead atoms. The molecular weight excluding hydrogens is 320 g/mol.